The molecular formula is C21H45NO3SSi. The molecule has 0 amide bonds. The van der Waals surface area contributed by atoms with E-state index in [1.807, 2.05) is 0 Å². The highest BCUT2D eigenvalue weighted by atomic mass is 32.2. The largest absolute Gasteiger partial charge is 0.417 e. The quantitative estimate of drug-likeness (QED) is 0.247. The van der Waals surface area contributed by atoms with Crippen LogP contribution in [0.3, 0.4) is 0 Å². The van der Waals surface area contributed by atoms with E-state index in [0.29, 0.717) is 11.6 Å². The summed E-state index contributed by atoms with van der Waals surface area (Å²) in [5.74, 6) is 0. The molecule has 6 heteroatoms. The van der Waals surface area contributed by atoms with Gasteiger partial charge in [0.05, 0.1) is 5.25 Å². The van der Waals surface area contributed by atoms with Crippen molar-refractivity contribution in [3.63, 3.8) is 0 Å². The van der Waals surface area contributed by atoms with Gasteiger partial charge < -0.3 is 4.43 Å². The molecule has 0 atom stereocenters. The van der Waals surface area contributed by atoms with E-state index in [9.17, 15) is 8.42 Å². The first kappa shape index (κ1) is 25.1. The fourth-order valence-corrected chi connectivity index (χ4v) is 5.40. The van der Waals surface area contributed by atoms with Gasteiger partial charge in [0.15, 0.2) is 8.32 Å². The maximum Gasteiger partial charge on any atom is 0.214 e. The Morgan fingerprint density at radius 1 is 0.852 bits per heavy atom. The van der Waals surface area contributed by atoms with Crippen LogP contribution in [-0.2, 0) is 14.4 Å². The molecule has 0 radical (unpaired) electrons. The maximum absolute atomic E-state index is 11.7. The molecule has 0 aromatic carbocycles. The molecule has 0 aromatic heterocycles. The summed E-state index contributed by atoms with van der Waals surface area (Å²) >= 11 is 0. The van der Waals surface area contributed by atoms with Gasteiger partial charge in [0, 0.05) is 13.2 Å². The molecule has 27 heavy (non-hydrogen) atoms. The molecule has 1 fully saturated rings. The zero-order valence-electron chi connectivity index (χ0n) is 18.6. The minimum Gasteiger partial charge on any atom is -0.417 e. The van der Waals surface area contributed by atoms with Crippen molar-refractivity contribution in [2.24, 2.45) is 0 Å². The lowest BCUT2D eigenvalue weighted by atomic mass is 10.1. The Morgan fingerprint density at radius 2 is 1.30 bits per heavy atom. The summed E-state index contributed by atoms with van der Waals surface area (Å²) in [6.45, 7) is 13.1. The Bertz CT molecular complexity index is 496. The zero-order valence-corrected chi connectivity index (χ0v) is 20.4. The van der Waals surface area contributed by atoms with Crippen molar-refractivity contribution in [3.8, 4) is 0 Å². The molecule has 1 N–H and O–H groups in total. The Morgan fingerprint density at radius 3 is 1.74 bits per heavy atom. The lowest BCUT2D eigenvalue weighted by Crippen LogP contribution is -2.40. The van der Waals surface area contributed by atoms with Crippen molar-refractivity contribution in [3.05, 3.63) is 0 Å². The van der Waals surface area contributed by atoms with E-state index in [1.165, 1.54) is 51.4 Å². The predicted molar refractivity (Wildman–Crippen MR) is 119 cm³/mol. The molecule has 1 saturated carbocycles. The number of hydrogen-bond donors (Lipinski definition) is 1. The van der Waals surface area contributed by atoms with Crippen LogP contribution in [0, 0.1) is 0 Å². The van der Waals surface area contributed by atoms with E-state index < -0.39 is 18.3 Å². The summed E-state index contributed by atoms with van der Waals surface area (Å²) in [4.78, 5) is 0. The summed E-state index contributed by atoms with van der Waals surface area (Å²) in [5.41, 5.74) is 0. The van der Waals surface area contributed by atoms with Gasteiger partial charge in [-0.1, -0.05) is 72.1 Å². The number of rotatable bonds is 16. The fraction of sp³-hybridized carbons (Fsp3) is 1.00. The third-order valence-electron chi connectivity index (χ3n) is 6.11. The van der Waals surface area contributed by atoms with Crippen LogP contribution in [0.1, 0.15) is 97.8 Å². The summed E-state index contributed by atoms with van der Waals surface area (Å²) in [7, 11) is -4.53. The minimum absolute atomic E-state index is 0.0869. The standard InChI is InChI=1S/C21H45NO3SSi/c1-21(2,3)27(4,5)25-19-15-13-11-9-7-6-8-10-12-14-18-22-26(23,24)20-16-17-20/h20,22H,6-19H2,1-5H3. The average Bonchev–Trinajstić information content (AvgIpc) is 3.39. The Kier molecular flexibility index (Phi) is 11.1. The van der Waals surface area contributed by atoms with Crippen molar-refractivity contribution in [2.45, 2.75) is 121 Å². The van der Waals surface area contributed by atoms with Gasteiger partial charge >= 0.3 is 0 Å². The van der Waals surface area contributed by atoms with Gasteiger partial charge in [-0.05, 0) is 43.8 Å². The first-order valence-corrected chi connectivity index (χ1v) is 15.6. The van der Waals surface area contributed by atoms with E-state index in [0.717, 1.165) is 32.3 Å². The molecule has 0 unspecified atom stereocenters. The lowest BCUT2D eigenvalue weighted by Gasteiger charge is -2.36. The predicted octanol–water partition coefficient (Wildman–Crippen LogP) is 5.99. The first-order valence-electron chi connectivity index (χ1n) is 11.2. The second-order valence-electron chi connectivity index (χ2n) is 9.78. The highest BCUT2D eigenvalue weighted by Crippen LogP contribution is 2.36. The van der Waals surface area contributed by atoms with Crippen LogP contribution >= 0.6 is 0 Å². The third-order valence-corrected chi connectivity index (χ3v) is 12.6. The summed E-state index contributed by atoms with van der Waals surface area (Å²) < 4.78 is 32.3. The van der Waals surface area contributed by atoms with E-state index in [1.54, 1.807) is 0 Å². The van der Waals surface area contributed by atoms with Crippen molar-refractivity contribution in [2.75, 3.05) is 13.2 Å². The molecule has 0 spiro atoms. The van der Waals surface area contributed by atoms with Gasteiger partial charge in [0.25, 0.3) is 0 Å². The Labute approximate surface area is 170 Å². The van der Waals surface area contributed by atoms with Crippen LogP contribution in [0.4, 0.5) is 0 Å². The highest BCUT2D eigenvalue weighted by molar-refractivity contribution is 7.90. The van der Waals surface area contributed by atoms with E-state index >= 15 is 0 Å². The van der Waals surface area contributed by atoms with Gasteiger partial charge in [-0.3, -0.25) is 0 Å². The van der Waals surface area contributed by atoms with Crippen molar-refractivity contribution < 1.29 is 12.8 Å². The van der Waals surface area contributed by atoms with Crippen molar-refractivity contribution >= 4 is 18.3 Å². The molecule has 0 aliphatic heterocycles. The van der Waals surface area contributed by atoms with Crippen molar-refractivity contribution in [1.82, 2.24) is 4.72 Å². The maximum atomic E-state index is 11.7. The zero-order chi connectivity index (χ0) is 20.4. The van der Waals surface area contributed by atoms with E-state index in [-0.39, 0.29) is 5.25 Å². The van der Waals surface area contributed by atoms with Gasteiger partial charge in [0.1, 0.15) is 0 Å². The average molecular weight is 420 g/mol. The fourth-order valence-electron chi connectivity index (χ4n) is 2.90. The first-order chi connectivity index (χ1) is 12.6. The number of unbranched alkanes of at least 4 members (excludes halogenated alkanes) is 9. The molecular weight excluding hydrogens is 374 g/mol. The molecule has 0 aromatic rings. The molecule has 0 bridgehead atoms. The normalized spacial score (nSPS) is 16.0. The van der Waals surface area contributed by atoms with Crippen LogP contribution in [0.2, 0.25) is 18.1 Å². The van der Waals surface area contributed by atoms with Crippen LogP contribution in [-0.4, -0.2) is 35.1 Å². The third kappa shape index (κ3) is 11.0. The van der Waals surface area contributed by atoms with Gasteiger partial charge in [-0.15, -0.1) is 0 Å². The molecule has 162 valence electrons. The SMILES string of the molecule is CC(C)(C)[Si](C)(C)OCCCCCCCCCCCCNS(=O)(=O)C1CC1. The Hall–Kier alpha value is 0.0869. The lowest BCUT2D eigenvalue weighted by molar-refractivity contribution is 0.277. The molecule has 1 rings (SSSR count). The smallest absolute Gasteiger partial charge is 0.214 e. The second kappa shape index (κ2) is 11.9. The van der Waals surface area contributed by atoms with Crippen LogP contribution in [0.15, 0.2) is 0 Å². The van der Waals surface area contributed by atoms with E-state index in [2.05, 4.69) is 38.6 Å². The topological polar surface area (TPSA) is 55.4 Å². The van der Waals surface area contributed by atoms with Gasteiger partial charge in [0.2, 0.25) is 10.0 Å². The van der Waals surface area contributed by atoms with Crippen LogP contribution in [0.5, 0.6) is 0 Å². The number of sulfonamides is 1. The summed E-state index contributed by atoms with van der Waals surface area (Å²) in [6, 6.07) is 0. The number of nitrogens with one attached hydrogen (secondary N) is 1. The van der Waals surface area contributed by atoms with Crippen LogP contribution in [0.25, 0.3) is 0 Å². The summed E-state index contributed by atoms with van der Waals surface area (Å²) in [5, 5.41) is 0.227. The molecule has 1 aliphatic carbocycles. The molecule has 1 aliphatic rings. The number of hydrogen-bond acceptors (Lipinski definition) is 3. The van der Waals surface area contributed by atoms with Crippen molar-refractivity contribution in [1.29, 1.82) is 0 Å². The van der Waals surface area contributed by atoms with E-state index in [4.69, 9.17) is 4.43 Å². The molecule has 4 nitrogen and oxygen atoms in total. The highest BCUT2D eigenvalue weighted by Gasteiger charge is 2.36. The molecule has 0 saturated heterocycles. The summed E-state index contributed by atoms with van der Waals surface area (Å²) in [6.07, 6.45) is 14.1. The minimum atomic E-state index is -2.97. The Balaban J connectivity index is 1.81. The monoisotopic (exact) mass is 419 g/mol. The second-order valence-corrected chi connectivity index (χ2v) is 16.6. The van der Waals surface area contributed by atoms with Gasteiger partial charge in [-0.25, -0.2) is 13.1 Å². The molecule has 0 heterocycles. The van der Waals surface area contributed by atoms with Gasteiger partial charge in [-0.2, -0.15) is 0 Å². The van der Waals surface area contributed by atoms with Crippen LogP contribution < -0.4 is 4.72 Å².